The Kier molecular flexibility index (Phi) is 6.02. The molecule has 1 aromatic rings. The van der Waals surface area contributed by atoms with E-state index in [1.807, 2.05) is 67.2 Å². The van der Waals surface area contributed by atoms with E-state index >= 15 is 0 Å². The van der Waals surface area contributed by atoms with Gasteiger partial charge in [0, 0.05) is 46.8 Å². The average molecular weight is 316 g/mol. The molecule has 0 bridgehead atoms. The molecule has 0 radical (unpaired) electrons. The lowest BCUT2D eigenvalue weighted by Gasteiger charge is -2.26. The van der Waals surface area contributed by atoms with Gasteiger partial charge in [-0.15, -0.1) is 0 Å². The van der Waals surface area contributed by atoms with Crippen molar-refractivity contribution in [1.29, 1.82) is 0 Å². The van der Waals surface area contributed by atoms with Crippen molar-refractivity contribution in [2.45, 2.75) is 25.8 Å². The number of guanidine groups is 1. The molecule has 1 saturated heterocycles. The average Bonchev–Trinajstić information content (AvgIpc) is 2.55. The maximum atomic E-state index is 12.4. The van der Waals surface area contributed by atoms with Crippen LogP contribution in [0.25, 0.3) is 0 Å². The molecule has 5 heteroatoms. The zero-order valence-corrected chi connectivity index (χ0v) is 14.7. The first-order valence-electron chi connectivity index (χ1n) is 8.26. The molecule has 1 heterocycles. The molecule has 5 nitrogen and oxygen atoms in total. The van der Waals surface area contributed by atoms with E-state index < -0.39 is 0 Å². The van der Waals surface area contributed by atoms with E-state index in [1.54, 1.807) is 0 Å². The topological polar surface area (TPSA) is 39.2 Å². The fourth-order valence-corrected chi connectivity index (χ4v) is 2.88. The molecule has 1 aliphatic rings. The molecular weight excluding hydrogens is 288 g/mol. The van der Waals surface area contributed by atoms with E-state index in [2.05, 4.69) is 4.99 Å². The summed E-state index contributed by atoms with van der Waals surface area (Å²) in [7, 11) is 7.94. The lowest BCUT2D eigenvalue weighted by Crippen LogP contribution is -2.35. The van der Waals surface area contributed by atoms with Crippen molar-refractivity contribution in [1.82, 2.24) is 14.7 Å². The van der Waals surface area contributed by atoms with Gasteiger partial charge < -0.3 is 14.7 Å². The molecule has 0 aliphatic carbocycles. The normalized spacial score (nSPS) is 14.3. The van der Waals surface area contributed by atoms with Crippen LogP contribution in [-0.2, 0) is 6.54 Å². The second-order valence-corrected chi connectivity index (χ2v) is 6.45. The fourth-order valence-electron chi connectivity index (χ4n) is 2.88. The lowest BCUT2D eigenvalue weighted by atomic mass is 10.1. The number of benzene rings is 1. The van der Waals surface area contributed by atoms with Crippen LogP contribution in [0.1, 0.15) is 35.2 Å². The summed E-state index contributed by atoms with van der Waals surface area (Å²) in [5, 5.41) is 0. The summed E-state index contributed by atoms with van der Waals surface area (Å²) in [5.74, 6) is 1.08. The van der Waals surface area contributed by atoms with Crippen LogP contribution in [0.4, 0.5) is 0 Å². The monoisotopic (exact) mass is 316 g/mol. The van der Waals surface area contributed by atoms with Crippen LogP contribution in [0.3, 0.4) is 0 Å². The highest BCUT2D eigenvalue weighted by Crippen LogP contribution is 2.14. The molecule has 1 amide bonds. The Balaban J connectivity index is 2.01. The molecule has 0 unspecified atom stereocenters. The number of aliphatic imine (C=N–C) groups is 1. The van der Waals surface area contributed by atoms with Crippen molar-refractivity contribution >= 4 is 11.9 Å². The second-order valence-electron chi connectivity index (χ2n) is 6.45. The van der Waals surface area contributed by atoms with Crippen LogP contribution in [0, 0.1) is 0 Å². The van der Waals surface area contributed by atoms with Crippen molar-refractivity contribution in [2.75, 3.05) is 41.3 Å². The Morgan fingerprint density at radius 1 is 1.00 bits per heavy atom. The zero-order valence-electron chi connectivity index (χ0n) is 14.7. The Labute approximate surface area is 139 Å². The van der Waals surface area contributed by atoms with Crippen molar-refractivity contribution < 1.29 is 4.79 Å². The highest BCUT2D eigenvalue weighted by Gasteiger charge is 2.17. The minimum Gasteiger partial charge on any atom is -0.349 e. The van der Waals surface area contributed by atoms with Crippen LogP contribution < -0.4 is 0 Å². The summed E-state index contributed by atoms with van der Waals surface area (Å²) in [6.07, 6.45) is 3.48. The fraction of sp³-hybridized carbons (Fsp3) is 0.556. The van der Waals surface area contributed by atoms with E-state index in [0.29, 0.717) is 6.54 Å². The van der Waals surface area contributed by atoms with Crippen molar-refractivity contribution in [2.24, 2.45) is 4.99 Å². The number of likely N-dealkylation sites (tertiary alicyclic amines) is 1. The number of nitrogens with zero attached hydrogens (tertiary/aromatic N) is 4. The number of hydrogen-bond acceptors (Lipinski definition) is 2. The molecule has 126 valence electrons. The molecule has 23 heavy (non-hydrogen) atoms. The number of hydrogen-bond donors (Lipinski definition) is 0. The van der Waals surface area contributed by atoms with E-state index in [4.69, 9.17) is 0 Å². The van der Waals surface area contributed by atoms with Gasteiger partial charge in [0.25, 0.3) is 5.91 Å². The summed E-state index contributed by atoms with van der Waals surface area (Å²) >= 11 is 0. The SMILES string of the molecule is CN(C)C(=NCc1ccc(C(=O)N2CCCCC2)cc1)N(C)C. The quantitative estimate of drug-likeness (QED) is 0.634. The Hall–Kier alpha value is -2.04. The van der Waals surface area contributed by atoms with E-state index in [1.165, 1.54) is 6.42 Å². The molecule has 1 aromatic carbocycles. The van der Waals surface area contributed by atoms with Crippen LogP contribution >= 0.6 is 0 Å². The predicted molar refractivity (Wildman–Crippen MR) is 94.7 cm³/mol. The van der Waals surface area contributed by atoms with Crippen molar-refractivity contribution in [3.63, 3.8) is 0 Å². The van der Waals surface area contributed by atoms with Gasteiger partial charge in [0.2, 0.25) is 0 Å². The van der Waals surface area contributed by atoms with Crippen LogP contribution in [0.15, 0.2) is 29.3 Å². The predicted octanol–water partition coefficient (Wildman–Crippen LogP) is 2.29. The maximum Gasteiger partial charge on any atom is 0.253 e. The van der Waals surface area contributed by atoms with E-state index in [0.717, 1.165) is 43.0 Å². The number of piperidine rings is 1. The van der Waals surface area contributed by atoms with E-state index in [-0.39, 0.29) is 5.91 Å². The number of carbonyl (C=O) groups excluding carboxylic acids is 1. The summed E-state index contributed by atoms with van der Waals surface area (Å²) < 4.78 is 0. The molecule has 0 N–H and O–H groups in total. The Bertz CT molecular complexity index is 533. The molecule has 0 atom stereocenters. The van der Waals surface area contributed by atoms with Gasteiger partial charge in [-0.2, -0.15) is 0 Å². The van der Waals surface area contributed by atoms with Crippen LogP contribution in [-0.4, -0.2) is 67.8 Å². The standard InChI is InChI=1S/C18H28N4O/c1-20(2)18(21(3)4)19-14-15-8-10-16(11-9-15)17(23)22-12-6-5-7-13-22/h8-11H,5-7,12-14H2,1-4H3. The van der Waals surface area contributed by atoms with Crippen LogP contribution in [0.2, 0.25) is 0 Å². The third-order valence-corrected chi connectivity index (χ3v) is 4.05. The Morgan fingerprint density at radius 3 is 2.09 bits per heavy atom. The highest BCUT2D eigenvalue weighted by atomic mass is 16.2. The molecule has 0 saturated carbocycles. The summed E-state index contributed by atoms with van der Waals surface area (Å²) in [5.41, 5.74) is 1.89. The summed E-state index contributed by atoms with van der Waals surface area (Å²) in [6, 6.07) is 7.85. The van der Waals surface area contributed by atoms with Gasteiger partial charge in [-0.05, 0) is 37.0 Å². The first kappa shape index (κ1) is 17.3. The molecule has 1 aliphatic heterocycles. The van der Waals surface area contributed by atoms with Gasteiger partial charge in [0.05, 0.1) is 6.54 Å². The highest BCUT2D eigenvalue weighted by molar-refractivity contribution is 5.94. The van der Waals surface area contributed by atoms with Gasteiger partial charge in [-0.1, -0.05) is 12.1 Å². The largest absolute Gasteiger partial charge is 0.349 e. The van der Waals surface area contributed by atoms with Crippen LogP contribution in [0.5, 0.6) is 0 Å². The number of carbonyl (C=O) groups is 1. The summed E-state index contributed by atoms with van der Waals surface area (Å²) in [4.78, 5) is 23.0. The first-order chi connectivity index (χ1) is 11.0. The molecule has 0 spiro atoms. The van der Waals surface area contributed by atoms with Gasteiger partial charge in [-0.3, -0.25) is 4.79 Å². The van der Waals surface area contributed by atoms with Gasteiger partial charge in [0.1, 0.15) is 0 Å². The second kappa shape index (κ2) is 7.99. The molecule has 1 fully saturated rings. The summed E-state index contributed by atoms with van der Waals surface area (Å²) in [6.45, 7) is 2.39. The van der Waals surface area contributed by atoms with Gasteiger partial charge in [-0.25, -0.2) is 4.99 Å². The third kappa shape index (κ3) is 4.71. The number of amides is 1. The van der Waals surface area contributed by atoms with Crippen molar-refractivity contribution in [3.05, 3.63) is 35.4 Å². The Morgan fingerprint density at radius 2 is 1.57 bits per heavy atom. The smallest absolute Gasteiger partial charge is 0.253 e. The van der Waals surface area contributed by atoms with Crippen molar-refractivity contribution in [3.8, 4) is 0 Å². The van der Waals surface area contributed by atoms with Gasteiger partial charge >= 0.3 is 0 Å². The van der Waals surface area contributed by atoms with E-state index in [9.17, 15) is 4.79 Å². The minimum absolute atomic E-state index is 0.155. The molecular formula is C18H28N4O. The van der Waals surface area contributed by atoms with Gasteiger partial charge in [0.15, 0.2) is 5.96 Å². The third-order valence-electron chi connectivity index (χ3n) is 4.05. The zero-order chi connectivity index (χ0) is 16.8. The minimum atomic E-state index is 0.155. The number of rotatable bonds is 3. The molecule has 0 aromatic heterocycles. The lowest BCUT2D eigenvalue weighted by molar-refractivity contribution is 0.0724. The first-order valence-corrected chi connectivity index (χ1v) is 8.26. The molecule has 2 rings (SSSR count). The maximum absolute atomic E-state index is 12.4.